The Morgan fingerprint density at radius 2 is 2.23 bits per heavy atom. The molecule has 0 heterocycles. The maximum atomic E-state index is 10.5. The van der Waals surface area contributed by atoms with E-state index in [1.807, 2.05) is 0 Å². The van der Waals surface area contributed by atoms with E-state index in [4.69, 9.17) is 5.11 Å². The summed E-state index contributed by atoms with van der Waals surface area (Å²) in [6.45, 7) is 2.69. The first-order valence-corrected chi connectivity index (χ1v) is 5.04. The van der Waals surface area contributed by atoms with E-state index >= 15 is 0 Å². The number of carbonyl (C=O) groups is 1. The first-order chi connectivity index (χ1) is 6.11. The van der Waals surface area contributed by atoms with Crippen LogP contribution in [0.5, 0.6) is 0 Å². The highest BCUT2D eigenvalue weighted by molar-refractivity contribution is 5.69. The van der Waals surface area contributed by atoms with Crippen LogP contribution in [-0.4, -0.2) is 35.6 Å². The molecule has 0 radical (unpaired) electrons. The lowest BCUT2D eigenvalue weighted by Crippen LogP contribution is -2.38. The lowest BCUT2D eigenvalue weighted by Gasteiger charge is -2.35. The van der Waals surface area contributed by atoms with Crippen LogP contribution in [0.4, 0.5) is 0 Å². The first-order valence-electron chi connectivity index (χ1n) is 5.04. The summed E-state index contributed by atoms with van der Waals surface area (Å²) in [6.07, 6.45) is 4.68. The molecule has 76 valence electrons. The van der Waals surface area contributed by atoms with E-state index in [0.29, 0.717) is 0 Å². The monoisotopic (exact) mass is 185 g/mol. The van der Waals surface area contributed by atoms with Crippen LogP contribution >= 0.6 is 0 Å². The van der Waals surface area contributed by atoms with Gasteiger partial charge in [-0.2, -0.15) is 0 Å². The summed E-state index contributed by atoms with van der Waals surface area (Å²) < 4.78 is 0. The minimum Gasteiger partial charge on any atom is -0.481 e. The van der Waals surface area contributed by atoms with Crippen molar-refractivity contribution in [3.8, 4) is 0 Å². The molecule has 0 bridgehead atoms. The molecule has 3 nitrogen and oxygen atoms in total. The number of aliphatic carboxylic acids is 1. The van der Waals surface area contributed by atoms with Crippen LogP contribution in [0.25, 0.3) is 0 Å². The van der Waals surface area contributed by atoms with Gasteiger partial charge in [-0.15, -0.1) is 0 Å². The molecule has 0 aromatic carbocycles. The summed E-state index contributed by atoms with van der Waals surface area (Å²) >= 11 is 0. The quantitative estimate of drug-likeness (QED) is 0.707. The van der Waals surface area contributed by atoms with E-state index in [0.717, 1.165) is 19.0 Å². The van der Waals surface area contributed by atoms with E-state index in [2.05, 4.69) is 11.9 Å². The third-order valence-corrected chi connectivity index (χ3v) is 3.03. The fraction of sp³-hybridized carbons (Fsp3) is 0.900. The molecule has 1 aliphatic carbocycles. The van der Waals surface area contributed by atoms with Crippen LogP contribution in [0, 0.1) is 5.92 Å². The van der Waals surface area contributed by atoms with E-state index in [1.165, 1.54) is 19.3 Å². The van der Waals surface area contributed by atoms with Gasteiger partial charge in [0.1, 0.15) is 0 Å². The highest BCUT2D eigenvalue weighted by Gasteiger charge is 2.22. The number of rotatable bonds is 5. The first kappa shape index (κ1) is 10.5. The molecule has 0 aliphatic heterocycles. The molecular weight excluding hydrogens is 166 g/mol. The fourth-order valence-electron chi connectivity index (χ4n) is 1.53. The molecular formula is C10H19NO2. The van der Waals surface area contributed by atoms with Crippen molar-refractivity contribution in [3.63, 3.8) is 0 Å². The SMILES string of the molecule is CC(CCN(C)C1CCC1)C(=O)O. The van der Waals surface area contributed by atoms with Crippen molar-refractivity contribution in [2.45, 2.75) is 38.6 Å². The Balaban J connectivity index is 2.13. The molecule has 1 N–H and O–H groups in total. The molecule has 1 fully saturated rings. The number of hydrogen-bond donors (Lipinski definition) is 1. The van der Waals surface area contributed by atoms with Gasteiger partial charge in [0, 0.05) is 6.04 Å². The summed E-state index contributed by atoms with van der Waals surface area (Å²) in [5.74, 6) is -0.885. The van der Waals surface area contributed by atoms with Gasteiger partial charge in [0.2, 0.25) is 0 Å². The third kappa shape index (κ3) is 2.99. The highest BCUT2D eigenvalue weighted by Crippen LogP contribution is 2.23. The average molecular weight is 185 g/mol. The van der Waals surface area contributed by atoms with Gasteiger partial charge in [-0.05, 0) is 32.9 Å². The Morgan fingerprint density at radius 1 is 1.62 bits per heavy atom. The molecule has 0 aromatic rings. The van der Waals surface area contributed by atoms with Crippen molar-refractivity contribution < 1.29 is 9.90 Å². The lowest BCUT2D eigenvalue weighted by molar-refractivity contribution is -0.141. The Labute approximate surface area is 79.7 Å². The molecule has 0 saturated heterocycles. The minimum absolute atomic E-state index is 0.206. The zero-order chi connectivity index (χ0) is 9.84. The molecule has 1 aliphatic rings. The minimum atomic E-state index is -0.679. The van der Waals surface area contributed by atoms with E-state index in [9.17, 15) is 4.79 Å². The van der Waals surface area contributed by atoms with Crippen molar-refractivity contribution in [2.24, 2.45) is 5.92 Å². The molecule has 3 heteroatoms. The van der Waals surface area contributed by atoms with Gasteiger partial charge in [-0.3, -0.25) is 4.79 Å². The van der Waals surface area contributed by atoms with E-state index in [-0.39, 0.29) is 5.92 Å². The molecule has 0 aromatic heterocycles. The molecule has 0 amide bonds. The second kappa shape index (κ2) is 4.61. The number of carboxylic acids is 1. The smallest absolute Gasteiger partial charge is 0.306 e. The Bertz CT molecular complexity index is 178. The maximum Gasteiger partial charge on any atom is 0.306 e. The van der Waals surface area contributed by atoms with Crippen molar-refractivity contribution in [1.29, 1.82) is 0 Å². The predicted octanol–water partition coefficient (Wildman–Crippen LogP) is 1.58. The largest absolute Gasteiger partial charge is 0.481 e. The van der Waals surface area contributed by atoms with Crippen LogP contribution in [0.1, 0.15) is 32.6 Å². The van der Waals surface area contributed by atoms with Crippen molar-refractivity contribution in [3.05, 3.63) is 0 Å². The van der Waals surface area contributed by atoms with Gasteiger partial charge in [-0.1, -0.05) is 13.3 Å². The van der Waals surface area contributed by atoms with Crippen molar-refractivity contribution in [2.75, 3.05) is 13.6 Å². The Morgan fingerprint density at radius 3 is 2.62 bits per heavy atom. The maximum absolute atomic E-state index is 10.5. The molecule has 1 saturated carbocycles. The van der Waals surface area contributed by atoms with Crippen LogP contribution < -0.4 is 0 Å². The van der Waals surface area contributed by atoms with Gasteiger partial charge >= 0.3 is 5.97 Å². The second-order valence-corrected chi connectivity index (χ2v) is 4.09. The predicted molar refractivity (Wildman–Crippen MR) is 51.7 cm³/mol. The van der Waals surface area contributed by atoms with Crippen molar-refractivity contribution in [1.82, 2.24) is 4.90 Å². The van der Waals surface area contributed by atoms with Gasteiger partial charge in [0.25, 0.3) is 0 Å². The number of carboxylic acid groups (broad SMARTS) is 1. The normalized spacial score (nSPS) is 19.9. The summed E-state index contributed by atoms with van der Waals surface area (Å²) in [4.78, 5) is 12.8. The van der Waals surface area contributed by atoms with Crippen LogP contribution in [0.3, 0.4) is 0 Å². The van der Waals surface area contributed by atoms with Crippen LogP contribution in [0.15, 0.2) is 0 Å². The third-order valence-electron chi connectivity index (χ3n) is 3.03. The molecule has 1 rings (SSSR count). The number of hydrogen-bond acceptors (Lipinski definition) is 2. The summed E-state index contributed by atoms with van der Waals surface area (Å²) in [7, 11) is 2.10. The van der Waals surface area contributed by atoms with Crippen LogP contribution in [-0.2, 0) is 4.79 Å². The van der Waals surface area contributed by atoms with Crippen LogP contribution in [0.2, 0.25) is 0 Å². The van der Waals surface area contributed by atoms with Gasteiger partial charge in [0.15, 0.2) is 0 Å². The van der Waals surface area contributed by atoms with Gasteiger partial charge in [-0.25, -0.2) is 0 Å². The summed E-state index contributed by atoms with van der Waals surface area (Å²) in [5, 5.41) is 8.69. The second-order valence-electron chi connectivity index (χ2n) is 4.09. The van der Waals surface area contributed by atoms with E-state index in [1.54, 1.807) is 6.92 Å². The summed E-state index contributed by atoms with van der Waals surface area (Å²) in [6, 6.07) is 0.723. The zero-order valence-corrected chi connectivity index (χ0v) is 8.49. The highest BCUT2D eigenvalue weighted by atomic mass is 16.4. The van der Waals surface area contributed by atoms with Crippen molar-refractivity contribution >= 4 is 5.97 Å². The van der Waals surface area contributed by atoms with E-state index < -0.39 is 5.97 Å². The standard InChI is InChI=1S/C10H19NO2/c1-8(10(12)13)6-7-11(2)9-4-3-5-9/h8-9H,3-7H2,1-2H3,(H,12,13). The molecule has 1 atom stereocenters. The fourth-order valence-corrected chi connectivity index (χ4v) is 1.53. The molecule has 1 unspecified atom stereocenters. The zero-order valence-electron chi connectivity index (χ0n) is 8.49. The lowest BCUT2D eigenvalue weighted by atomic mass is 9.91. The Hall–Kier alpha value is -0.570. The Kier molecular flexibility index (Phi) is 3.72. The summed E-state index contributed by atoms with van der Waals surface area (Å²) in [5.41, 5.74) is 0. The molecule has 0 spiro atoms. The van der Waals surface area contributed by atoms with Gasteiger partial charge < -0.3 is 10.0 Å². The number of nitrogens with zero attached hydrogens (tertiary/aromatic N) is 1. The topological polar surface area (TPSA) is 40.5 Å². The van der Waals surface area contributed by atoms with Gasteiger partial charge in [0.05, 0.1) is 5.92 Å². The molecule has 13 heavy (non-hydrogen) atoms. The average Bonchev–Trinajstić information content (AvgIpc) is 1.96.